The van der Waals surface area contributed by atoms with Crippen molar-refractivity contribution >= 4 is 12.4 Å². The largest absolute Gasteiger partial charge is 0.465 e. The fraction of sp³-hybridized carbons (Fsp3) is 0.750. The minimum Gasteiger partial charge on any atom is -0.465 e. The smallest absolute Gasteiger partial charge is 0.320 e. The highest BCUT2D eigenvalue weighted by Crippen LogP contribution is 1.84. The van der Waals surface area contributed by atoms with Crippen molar-refractivity contribution in [1.29, 1.82) is 0 Å². The van der Waals surface area contributed by atoms with E-state index in [1.807, 2.05) is 0 Å². The van der Waals surface area contributed by atoms with Gasteiger partial charge in [-0.3, -0.25) is 14.5 Å². The maximum Gasteiger partial charge on any atom is 0.320 e. The summed E-state index contributed by atoms with van der Waals surface area (Å²) in [5.74, 6) is -0.240. The van der Waals surface area contributed by atoms with E-state index in [2.05, 4.69) is 5.32 Å². The molecule has 0 heterocycles. The van der Waals surface area contributed by atoms with Crippen molar-refractivity contribution in [2.24, 2.45) is 0 Å². The van der Waals surface area contributed by atoms with Crippen LogP contribution < -0.4 is 5.32 Å². The van der Waals surface area contributed by atoms with Gasteiger partial charge in [0.15, 0.2) is 0 Å². The number of carbonyl (C=O) groups excluding carboxylic acids is 2. The van der Waals surface area contributed by atoms with Gasteiger partial charge in [-0.05, 0) is 20.5 Å². The van der Waals surface area contributed by atoms with E-state index in [9.17, 15) is 9.59 Å². The lowest BCUT2D eigenvalue weighted by atomic mass is 10.4. The molecule has 13 heavy (non-hydrogen) atoms. The molecule has 0 saturated carbocycles. The molecule has 0 aliphatic rings. The summed E-state index contributed by atoms with van der Waals surface area (Å²) in [6.45, 7) is 1.19. The SMILES string of the molecule is CN(C)CC(=O)OCCCNC=O. The third-order valence-corrected chi connectivity index (χ3v) is 1.26. The number of rotatable bonds is 7. The van der Waals surface area contributed by atoms with Gasteiger partial charge in [-0.1, -0.05) is 0 Å². The number of hydrogen-bond donors (Lipinski definition) is 1. The highest BCUT2D eigenvalue weighted by atomic mass is 16.5. The first-order valence-corrected chi connectivity index (χ1v) is 4.14. The maximum atomic E-state index is 10.9. The molecule has 0 bridgehead atoms. The Hall–Kier alpha value is -1.10. The normalized spacial score (nSPS) is 9.77. The molecule has 0 atom stereocenters. The van der Waals surface area contributed by atoms with Gasteiger partial charge in [-0.2, -0.15) is 0 Å². The molecule has 0 spiro atoms. The van der Waals surface area contributed by atoms with Crippen molar-refractivity contribution < 1.29 is 14.3 Å². The van der Waals surface area contributed by atoms with E-state index in [1.54, 1.807) is 19.0 Å². The summed E-state index contributed by atoms with van der Waals surface area (Å²) in [5.41, 5.74) is 0. The molecule has 0 aromatic heterocycles. The highest BCUT2D eigenvalue weighted by Gasteiger charge is 2.02. The zero-order valence-corrected chi connectivity index (χ0v) is 8.08. The molecular formula is C8H16N2O3. The van der Waals surface area contributed by atoms with Gasteiger partial charge >= 0.3 is 5.97 Å². The summed E-state index contributed by atoms with van der Waals surface area (Å²) in [7, 11) is 3.60. The van der Waals surface area contributed by atoms with Crippen LogP contribution in [0, 0.1) is 0 Å². The summed E-state index contributed by atoms with van der Waals surface area (Å²) >= 11 is 0. The number of hydrogen-bond acceptors (Lipinski definition) is 4. The molecule has 76 valence electrons. The number of nitrogens with one attached hydrogen (secondary N) is 1. The predicted octanol–water partition coefficient (Wildman–Crippen LogP) is -0.773. The average Bonchev–Trinajstić information content (AvgIpc) is 2.02. The van der Waals surface area contributed by atoms with Crippen molar-refractivity contribution in [3.8, 4) is 0 Å². The van der Waals surface area contributed by atoms with Crippen LogP contribution in [0.25, 0.3) is 0 Å². The zero-order valence-electron chi connectivity index (χ0n) is 8.08. The van der Waals surface area contributed by atoms with Crippen molar-refractivity contribution in [1.82, 2.24) is 10.2 Å². The van der Waals surface area contributed by atoms with Gasteiger partial charge in [0.1, 0.15) is 0 Å². The minimum absolute atomic E-state index is 0.240. The molecule has 0 aromatic carbocycles. The molecule has 0 radical (unpaired) electrons. The van der Waals surface area contributed by atoms with Crippen LogP contribution >= 0.6 is 0 Å². The van der Waals surface area contributed by atoms with E-state index in [-0.39, 0.29) is 5.97 Å². The fourth-order valence-corrected chi connectivity index (χ4v) is 0.723. The number of nitrogens with zero attached hydrogens (tertiary/aromatic N) is 1. The summed E-state index contributed by atoms with van der Waals surface area (Å²) < 4.78 is 4.86. The maximum absolute atomic E-state index is 10.9. The number of likely N-dealkylation sites (N-methyl/N-ethyl adjacent to an activating group) is 1. The second kappa shape index (κ2) is 7.54. The molecule has 1 N–H and O–H groups in total. The lowest BCUT2D eigenvalue weighted by Crippen LogP contribution is -2.24. The lowest BCUT2D eigenvalue weighted by Gasteiger charge is -2.08. The van der Waals surface area contributed by atoms with Crippen molar-refractivity contribution in [3.63, 3.8) is 0 Å². The van der Waals surface area contributed by atoms with Crippen LogP contribution in [0.5, 0.6) is 0 Å². The Labute approximate surface area is 78.0 Å². The molecule has 0 unspecified atom stereocenters. The Bertz CT molecular complexity index is 159. The van der Waals surface area contributed by atoms with E-state index in [0.717, 1.165) is 0 Å². The van der Waals surface area contributed by atoms with E-state index >= 15 is 0 Å². The molecule has 5 heteroatoms. The first-order valence-electron chi connectivity index (χ1n) is 4.14. The van der Waals surface area contributed by atoms with Crippen molar-refractivity contribution in [2.75, 3.05) is 33.8 Å². The van der Waals surface area contributed by atoms with Gasteiger partial charge in [0.05, 0.1) is 13.2 Å². The number of amides is 1. The molecular weight excluding hydrogens is 172 g/mol. The topological polar surface area (TPSA) is 58.6 Å². The van der Waals surface area contributed by atoms with Crippen LogP contribution in [0.2, 0.25) is 0 Å². The molecule has 0 aromatic rings. The second-order valence-electron chi connectivity index (χ2n) is 2.88. The number of carbonyl (C=O) groups is 2. The average molecular weight is 188 g/mol. The zero-order chi connectivity index (χ0) is 10.1. The Morgan fingerprint density at radius 3 is 2.77 bits per heavy atom. The van der Waals surface area contributed by atoms with Crippen LogP contribution in [0.3, 0.4) is 0 Å². The monoisotopic (exact) mass is 188 g/mol. The van der Waals surface area contributed by atoms with Gasteiger partial charge in [-0.25, -0.2) is 0 Å². The number of ether oxygens (including phenoxy) is 1. The third-order valence-electron chi connectivity index (χ3n) is 1.26. The van der Waals surface area contributed by atoms with Gasteiger partial charge in [0.25, 0.3) is 0 Å². The molecule has 0 aliphatic carbocycles. The Morgan fingerprint density at radius 1 is 1.54 bits per heavy atom. The predicted molar refractivity (Wildman–Crippen MR) is 48.2 cm³/mol. The third kappa shape index (κ3) is 8.81. The van der Waals surface area contributed by atoms with Crippen LogP contribution in [-0.2, 0) is 14.3 Å². The Morgan fingerprint density at radius 2 is 2.23 bits per heavy atom. The standard InChI is InChI=1S/C8H16N2O3/c1-10(2)6-8(12)13-5-3-4-9-7-11/h7H,3-6H2,1-2H3,(H,9,11). The summed E-state index contributed by atoms with van der Waals surface area (Å²) in [6.07, 6.45) is 1.28. The first kappa shape index (κ1) is 11.9. The van der Waals surface area contributed by atoms with Gasteiger partial charge in [-0.15, -0.1) is 0 Å². The van der Waals surface area contributed by atoms with Crippen LogP contribution in [0.1, 0.15) is 6.42 Å². The quantitative estimate of drug-likeness (QED) is 0.324. The molecule has 0 fully saturated rings. The lowest BCUT2D eigenvalue weighted by molar-refractivity contribution is -0.144. The summed E-state index contributed by atoms with van der Waals surface area (Å²) in [4.78, 5) is 22.5. The number of esters is 1. The van der Waals surface area contributed by atoms with Gasteiger partial charge in [0, 0.05) is 6.54 Å². The minimum atomic E-state index is -0.240. The Balaban J connectivity index is 3.22. The molecule has 5 nitrogen and oxygen atoms in total. The van der Waals surface area contributed by atoms with E-state index in [4.69, 9.17) is 4.74 Å². The summed E-state index contributed by atoms with van der Waals surface area (Å²) in [5, 5.41) is 2.48. The molecule has 0 rings (SSSR count). The van der Waals surface area contributed by atoms with Crippen LogP contribution in [-0.4, -0.2) is 51.1 Å². The molecule has 1 amide bonds. The fourth-order valence-electron chi connectivity index (χ4n) is 0.723. The Kier molecular flexibility index (Phi) is 6.91. The van der Waals surface area contributed by atoms with Gasteiger partial charge < -0.3 is 10.1 Å². The van der Waals surface area contributed by atoms with Crippen molar-refractivity contribution in [2.45, 2.75) is 6.42 Å². The summed E-state index contributed by atoms with van der Waals surface area (Å²) in [6, 6.07) is 0. The highest BCUT2D eigenvalue weighted by molar-refractivity contribution is 5.71. The van der Waals surface area contributed by atoms with Crippen LogP contribution in [0.15, 0.2) is 0 Å². The second-order valence-corrected chi connectivity index (χ2v) is 2.88. The van der Waals surface area contributed by atoms with Crippen molar-refractivity contribution in [3.05, 3.63) is 0 Å². The first-order chi connectivity index (χ1) is 6.16. The van der Waals surface area contributed by atoms with E-state index in [0.29, 0.717) is 32.5 Å². The van der Waals surface area contributed by atoms with Crippen LogP contribution in [0.4, 0.5) is 0 Å². The molecule has 0 aliphatic heterocycles. The van der Waals surface area contributed by atoms with E-state index in [1.165, 1.54) is 0 Å². The van der Waals surface area contributed by atoms with E-state index < -0.39 is 0 Å². The van der Waals surface area contributed by atoms with Gasteiger partial charge in [0.2, 0.25) is 6.41 Å². The molecule has 0 saturated heterocycles.